The highest BCUT2D eigenvalue weighted by molar-refractivity contribution is 6.30. The highest BCUT2D eigenvalue weighted by Gasteiger charge is 2.24. The number of rotatable bonds is 3. The molecule has 23 heavy (non-hydrogen) atoms. The fraction of sp³-hybridized carbons (Fsp3) is 0.375. The number of nitrogens with one attached hydrogen (secondary N) is 3. The topological polar surface area (TPSA) is 69.8 Å². The monoisotopic (exact) mass is 354 g/mol. The molecule has 2 atom stereocenters. The fourth-order valence-corrected chi connectivity index (χ4v) is 3.00. The molecule has 3 rings (SSSR count). The van der Waals surface area contributed by atoms with Crippen LogP contribution in [0.25, 0.3) is 11.3 Å². The molecule has 1 amide bonds. The van der Waals surface area contributed by atoms with Crippen LogP contribution in [0.15, 0.2) is 30.5 Å². The highest BCUT2D eigenvalue weighted by Crippen LogP contribution is 2.24. The number of carbonyl (C=O) groups is 1. The van der Waals surface area contributed by atoms with E-state index in [1.807, 2.05) is 18.2 Å². The molecule has 2 aromatic rings. The molecule has 1 saturated heterocycles. The minimum atomic E-state index is -0.107. The standard InChI is InChI=1S/C16H19ClN4O.ClH/c1-10-14(6-3-7-18-10)20-16(22)13-9-19-21-15(13)11-4-2-5-12(17)8-11;/h2,4-5,8-10,14,18H,3,6-7H2,1H3,(H,19,21)(H,20,22);1H. The average molecular weight is 355 g/mol. The molecule has 1 fully saturated rings. The molecule has 7 heteroatoms. The van der Waals surface area contributed by atoms with E-state index < -0.39 is 0 Å². The van der Waals surface area contributed by atoms with Crippen LogP contribution in [0.2, 0.25) is 5.02 Å². The maximum absolute atomic E-state index is 12.6. The number of piperidine rings is 1. The molecule has 0 bridgehead atoms. The molecule has 0 radical (unpaired) electrons. The normalized spacial score (nSPS) is 20.6. The molecule has 5 nitrogen and oxygen atoms in total. The van der Waals surface area contributed by atoms with E-state index in [9.17, 15) is 4.79 Å². The third-order valence-electron chi connectivity index (χ3n) is 4.08. The molecule has 0 spiro atoms. The van der Waals surface area contributed by atoms with Crippen LogP contribution in [-0.4, -0.2) is 34.7 Å². The predicted octanol–water partition coefficient (Wildman–Crippen LogP) is 3.02. The van der Waals surface area contributed by atoms with Gasteiger partial charge in [0.05, 0.1) is 17.5 Å². The van der Waals surface area contributed by atoms with Gasteiger partial charge in [-0.2, -0.15) is 5.10 Å². The second-order valence-corrected chi connectivity index (χ2v) is 6.07. The van der Waals surface area contributed by atoms with Crippen molar-refractivity contribution in [3.8, 4) is 11.3 Å². The van der Waals surface area contributed by atoms with Crippen molar-refractivity contribution < 1.29 is 4.79 Å². The Morgan fingerprint density at radius 1 is 1.43 bits per heavy atom. The van der Waals surface area contributed by atoms with Gasteiger partial charge >= 0.3 is 0 Å². The molecule has 2 heterocycles. The van der Waals surface area contributed by atoms with Crippen molar-refractivity contribution >= 4 is 29.9 Å². The van der Waals surface area contributed by atoms with E-state index in [0.29, 0.717) is 16.3 Å². The number of aromatic nitrogens is 2. The van der Waals surface area contributed by atoms with Gasteiger partial charge in [0.1, 0.15) is 0 Å². The van der Waals surface area contributed by atoms with Gasteiger partial charge < -0.3 is 10.6 Å². The lowest BCUT2D eigenvalue weighted by Crippen LogP contribution is -2.51. The van der Waals surface area contributed by atoms with Crippen molar-refractivity contribution in [1.29, 1.82) is 0 Å². The van der Waals surface area contributed by atoms with Crippen molar-refractivity contribution in [3.63, 3.8) is 0 Å². The van der Waals surface area contributed by atoms with E-state index in [1.54, 1.807) is 12.3 Å². The summed E-state index contributed by atoms with van der Waals surface area (Å²) >= 11 is 6.03. The Morgan fingerprint density at radius 3 is 3.00 bits per heavy atom. The number of nitrogens with zero attached hydrogens (tertiary/aromatic N) is 1. The number of benzene rings is 1. The Balaban J connectivity index is 0.00000192. The Labute approximate surface area is 146 Å². The van der Waals surface area contributed by atoms with Crippen molar-refractivity contribution in [2.45, 2.75) is 31.8 Å². The fourth-order valence-electron chi connectivity index (χ4n) is 2.81. The van der Waals surface area contributed by atoms with Crippen molar-refractivity contribution in [3.05, 3.63) is 41.0 Å². The molecule has 1 aliphatic heterocycles. The Morgan fingerprint density at radius 2 is 2.26 bits per heavy atom. The second-order valence-electron chi connectivity index (χ2n) is 5.63. The van der Waals surface area contributed by atoms with Crippen LogP contribution in [0, 0.1) is 0 Å². The molecule has 1 aromatic carbocycles. The largest absolute Gasteiger partial charge is 0.348 e. The van der Waals surface area contributed by atoms with Crippen molar-refractivity contribution in [2.75, 3.05) is 6.54 Å². The molecule has 0 saturated carbocycles. The Hall–Kier alpha value is -1.56. The SMILES string of the molecule is CC1NCCCC1NC(=O)c1cn[nH]c1-c1cccc(Cl)c1.Cl. The van der Waals surface area contributed by atoms with Crippen LogP contribution in [-0.2, 0) is 0 Å². The summed E-state index contributed by atoms with van der Waals surface area (Å²) < 4.78 is 0. The van der Waals surface area contributed by atoms with Gasteiger partial charge in [-0.25, -0.2) is 0 Å². The Kier molecular flexibility index (Phi) is 6.04. The highest BCUT2D eigenvalue weighted by atomic mass is 35.5. The molecule has 3 N–H and O–H groups in total. The van der Waals surface area contributed by atoms with Crippen LogP contribution in [0.3, 0.4) is 0 Å². The molecular formula is C16H20Cl2N4O. The van der Waals surface area contributed by atoms with Crippen molar-refractivity contribution in [2.24, 2.45) is 0 Å². The van der Waals surface area contributed by atoms with Gasteiger partial charge in [-0.1, -0.05) is 23.7 Å². The van der Waals surface area contributed by atoms with Crippen LogP contribution in [0.4, 0.5) is 0 Å². The van der Waals surface area contributed by atoms with Gasteiger partial charge in [-0.15, -0.1) is 12.4 Å². The van der Waals surface area contributed by atoms with Gasteiger partial charge in [-0.05, 0) is 38.4 Å². The summed E-state index contributed by atoms with van der Waals surface area (Å²) in [7, 11) is 0. The average Bonchev–Trinajstić information content (AvgIpc) is 2.99. The molecule has 2 unspecified atom stereocenters. The summed E-state index contributed by atoms with van der Waals surface area (Å²) in [6, 6.07) is 7.80. The van der Waals surface area contributed by atoms with E-state index >= 15 is 0 Å². The molecule has 1 aliphatic rings. The number of carbonyl (C=O) groups excluding carboxylic acids is 1. The molecule has 1 aromatic heterocycles. The van der Waals surface area contributed by atoms with E-state index in [0.717, 1.165) is 24.9 Å². The molecular weight excluding hydrogens is 335 g/mol. The molecule has 124 valence electrons. The minimum Gasteiger partial charge on any atom is -0.348 e. The van der Waals surface area contributed by atoms with Crippen LogP contribution < -0.4 is 10.6 Å². The summed E-state index contributed by atoms with van der Waals surface area (Å²) in [6.07, 6.45) is 3.62. The van der Waals surface area contributed by atoms with E-state index in [1.165, 1.54) is 0 Å². The zero-order chi connectivity index (χ0) is 15.5. The zero-order valence-corrected chi connectivity index (χ0v) is 14.4. The first-order valence-electron chi connectivity index (χ1n) is 7.48. The number of aromatic amines is 1. The number of hydrogen-bond donors (Lipinski definition) is 3. The van der Waals surface area contributed by atoms with Gasteiger partial charge in [0, 0.05) is 22.7 Å². The first kappa shape index (κ1) is 17.8. The lowest BCUT2D eigenvalue weighted by Gasteiger charge is -2.30. The predicted molar refractivity (Wildman–Crippen MR) is 94.2 cm³/mol. The van der Waals surface area contributed by atoms with Gasteiger partial charge in [0.25, 0.3) is 5.91 Å². The number of halogens is 2. The number of amides is 1. The summed E-state index contributed by atoms with van der Waals surface area (Å²) in [5, 5.41) is 14.0. The van der Waals surface area contributed by atoms with Gasteiger partial charge in [0.2, 0.25) is 0 Å². The summed E-state index contributed by atoms with van der Waals surface area (Å²) in [6.45, 7) is 3.10. The lowest BCUT2D eigenvalue weighted by atomic mass is 9.99. The molecule has 0 aliphatic carbocycles. The van der Waals surface area contributed by atoms with E-state index in [4.69, 9.17) is 11.6 Å². The summed E-state index contributed by atoms with van der Waals surface area (Å²) in [4.78, 5) is 12.6. The van der Waals surface area contributed by atoms with Gasteiger partial charge in [-0.3, -0.25) is 9.89 Å². The van der Waals surface area contributed by atoms with Gasteiger partial charge in [0.15, 0.2) is 0 Å². The number of hydrogen-bond acceptors (Lipinski definition) is 3. The van der Waals surface area contributed by atoms with E-state index in [2.05, 4.69) is 27.8 Å². The minimum absolute atomic E-state index is 0. The quantitative estimate of drug-likeness (QED) is 0.793. The first-order valence-corrected chi connectivity index (χ1v) is 7.86. The third-order valence-corrected chi connectivity index (χ3v) is 4.31. The van der Waals surface area contributed by atoms with Crippen molar-refractivity contribution in [1.82, 2.24) is 20.8 Å². The van der Waals surface area contributed by atoms with Crippen LogP contribution in [0.1, 0.15) is 30.1 Å². The first-order chi connectivity index (χ1) is 10.6. The lowest BCUT2D eigenvalue weighted by molar-refractivity contribution is 0.0920. The van der Waals surface area contributed by atoms with Crippen LogP contribution >= 0.6 is 24.0 Å². The smallest absolute Gasteiger partial charge is 0.255 e. The third kappa shape index (κ3) is 4.05. The maximum atomic E-state index is 12.6. The summed E-state index contributed by atoms with van der Waals surface area (Å²) in [5.74, 6) is -0.107. The van der Waals surface area contributed by atoms with Crippen LogP contribution in [0.5, 0.6) is 0 Å². The Bertz CT molecular complexity index is 674. The second kappa shape index (κ2) is 7.81. The number of H-pyrrole nitrogens is 1. The van der Waals surface area contributed by atoms with E-state index in [-0.39, 0.29) is 30.4 Å². The zero-order valence-electron chi connectivity index (χ0n) is 12.8. The maximum Gasteiger partial charge on any atom is 0.255 e. The summed E-state index contributed by atoms with van der Waals surface area (Å²) in [5.41, 5.74) is 2.08.